The predicted octanol–water partition coefficient (Wildman–Crippen LogP) is 25.1. The minimum Gasteiger partial charge on any atom is -0.310 e. The Kier molecular flexibility index (Phi) is 12.8. The normalized spacial score (nSPS) is 11.6. The van der Waals surface area contributed by atoms with Crippen molar-refractivity contribution in [3.8, 4) is 55.6 Å². The third-order valence-corrected chi connectivity index (χ3v) is 19.2. The summed E-state index contributed by atoms with van der Waals surface area (Å²) in [5.41, 5.74) is 18.2. The largest absolute Gasteiger partial charge is 0.310 e. The second-order valence-corrected chi connectivity index (χ2v) is 24.2. The number of fused-ring (bicyclic) bond motifs is 10. The molecule has 0 unspecified atom stereocenters. The maximum atomic E-state index is 2.43. The van der Waals surface area contributed by atoms with E-state index in [-0.39, 0.29) is 0 Å². The van der Waals surface area contributed by atoms with Gasteiger partial charge in [0, 0.05) is 54.2 Å². The molecule has 0 fully saturated rings. The number of benzene rings is 16. The molecule has 0 spiro atoms. The molecule has 0 N–H and O–H groups in total. The number of hydrogen-bond acceptors (Lipinski definition) is 3. The zero-order valence-corrected chi connectivity index (χ0v) is 49.5. The highest BCUT2D eigenvalue weighted by molar-refractivity contribution is 7.26. The zero-order chi connectivity index (χ0) is 58.8. The van der Waals surface area contributed by atoms with Crippen LogP contribution in [0.2, 0.25) is 0 Å². The Balaban J connectivity index is 0.788. The maximum absolute atomic E-state index is 2.43. The van der Waals surface area contributed by atoms with Crippen LogP contribution < -0.4 is 9.80 Å². The van der Waals surface area contributed by atoms with Gasteiger partial charge >= 0.3 is 0 Å². The van der Waals surface area contributed by atoms with Crippen LogP contribution in [0.1, 0.15) is 0 Å². The molecule has 0 saturated carbocycles. The summed E-state index contributed by atoms with van der Waals surface area (Å²) in [6, 6.07) is 125. The fraction of sp³-hybridized carbons (Fsp3) is 0. The van der Waals surface area contributed by atoms with Crippen molar-refractivity contribution in [1.29, 1.82) is 0 Å². The molecule has 0 saturated heterocycles. The van der Waals surface area contributed by atoms with Gasteiger partial charge in [0.15, 0.2) is 0 Å². The summed E-state index contributed by atoms with van der Waals surface area (Å²) >= 11 is 1.89. The lowest BCUT2D eigenvalue weighted by Crippen LogP contribution is -2.12. The highest BCUT2D eigenvalue weighted by Gasteiger charge is 2.22. The number of hydrogen-bond donors (Lipinski definition) is 0. The van der Waals surface area contributed by atoms with E-state index in [9.17, 15) is 0 Å². The summed E-state index contributed by atoms with van der Waals surface area (Å²) in [5.74, 6) is 0. The summed E-state index contributed by atoms with van der Waals surface area (Å²) in [6.07, 6.45) is 0. The first kappa shape index (κ1) is 52.0. The van der Waals surface area contributed by atoms with Gasteiger partial charge in [-0.15, -0.1) is 11.3 Å². The Morgan fingerprint density at radius 2 is 0.652 bits per heavy atom. The van der Waals surface area contributed by atoms with Crippen molar-refractivity contribution in [2.45, 2.75) is 0 Å². The Hall–Kier alpha value is -11.4. The van der Waals surface area contributed by atoms with Gasteiger partial charge in [-0.05, 0) is 183 Å². The van der Waals surface area contributed by atoms with E-state index in [1.54, 1.807) is 0 Å². The minimum atomic E-state index is 1.06. The van der Waals surface area contributed by atoms with Crippen molar-refractivity contribution < 1.29 is 0 Å². The van der Waals surface area contributed by atoms with E-state index in [1.807, 2.05) is 11.3 Å². The van der Waals surface area contributed by atoms with Crippen molar-refractivity contribution in [1.82, 2.24) is 0 Å². The van der Waals surface area contributed by atoms with E-state index in [1.165, 1.54) is 107 Å². The molecule has 0 radical (unpaired) electrons. The van der Waals surface area contributed by atoms with Crippen LogP contribution in [0.4, 0.5) is 34.1 Å². The molecule has 0 aliphatic heterocycles. The lowest BCUT2D eigenvalue weighted by Gasteiger charge is -2.29. The van der Waals surface area contributed by atoms with E-state index < -0.39 is 0 Å². The molecule has 2 nitrogen and oxygen atoms in total. The van der Waals surface area contributed by atoms with Gasteiger partial charge in [0.2, 0.25) is 0 Å². The number of nitrogens with zero attached hydrogens (tertiary/aromatic N) is 2. The zero-order valence-electron chi connectivity index (χ0n) is 48.6. The van der Waals surface area contributed by atoms with E-state index in [4.69, 9.17) is 0 Å². The van der Waals surface area contributed by atoms with Gasteiger partial charge in [-0.25, -0.2) is 0 Å². The van der Waals surface area contributed by atoms with Gasteiger partial charge in [-0.3, -0.25) is 0 Å². The second kappa shape index (κ2) is 21.9. The van der Waals surface area contributed by atoms with Gasteiger partial charge in [-0.1, -0.05) is 261 Å². The average Bonchev–Trinajstić information content (AvgIpc) is 2.12. The Morgan fingerprint density at radius 3 is 1.43 bits per heavy atom. The average molecular weight is 1150 g/mol. The summed E-state index contributed by atoms with van der Waals surface area (Å²) in [4.78, 5) is 4.86. The van der Waals surface area contributed by atoms with Gasteiger partial charge in [0.05, 0.1) is 5.69 Å². The molecule has 17 aromatic rings. The molecular weight excluding hydrogens is 1090 g/mol. The van der Waals surface area contributed by atoms with Crippen molar-refractivity contribution in [3.05, 3.63) is 340 Å². The Morgan fingerprint density at radius 1 is 0.202 bits per heavy atom. The first-order valence-corrected chi connectivity index (χ1v) is 31.3. The molecule has 0 amide bonds. The highest BCUT2D eigenvalue weighted by atomic mass is 32.1. The molecule has 0 aliphatic carbocycles. The molecule has 0 bridgehead atoms. The third-order valence-electron chi connectivity index (χ3n) is 18.0. The van der Waals surface area contributed by atoms with Crippen molar-refractivity contribution in [2.24, 2.45) is 0 Å². The first-order valence-electron chi connectivity index (χ1n) is 30.5. The molecule has 416 valence electrons. The van der Waals surface area contributed by atoms with Crippen molar-refractivity contribution >= 4 is 119 Å². The number of para-hydroxylation sites is 1. The van der Waals surface area contributed by atoms with Crippen molar-refractivity contribution in [2.75, 3.05) is 9.80 Å². The fourth-order valence-corrected chi connectivity index (χ4v) is 14.9. The SMILES string of the molecule is c1cc(-c2ccc3ccccc3c2)cc(N(c2cccc(-c3ccccc3N(c3ccc(-c4ccc(-c5cccc6ccccc56)cc4)cc3)c3ccc(-c4cccc5sc6c7ccccc7ccc6c45)cc3)c2)c2ccc3c(ccc4ccccc43)c2)c1. The minimum absolute atomic E-state index is 1.06. The molecule has 1 heterocycles. The van der Waals surface area contributed by atoms with Crippen LogP contribution in [0.25, 0.3) is 130 Å². The lowest BCUT2D eigenvalue weighted by molar-refractivity contribution is 1.28. The summed E-state index contributed by atoms with van der Waals surface area (Å²) in [5, 5.41) is 15.1. The quantitative estimate of drug-likeness (QED) is 0.119. The van der Waals surface area contributed by atoms with Gasteiger partial charge in [0.25, 0.3) is 0 Å². The lowest BCUT2D eigenvalue weighted by atomic mass is 9.96. The number of thiophene rings is 1. The van der Waals surface area contributed by atoms with Crippen LogP contribution in [-0.2, 0) is 0 Å². The van der Waals surface area contributed by atoms with Gasteiger partial charge in [-0.2, -0.15) is 0 Å². The highest BCUT2D eigenvalue weighted by Crippen LogP contribution is 2.47. The van der Waals surface area contributed by atoms with E-state index in [2.05, 4.69) is 350 Å². The Labute approximate surface area is 521 Å². The summed E-state index contributed by atoms with van der Waals surface area (Å²) in [7, 11) is 0. The molecule has 16 aromatic carbocycles. The first-order chi connectivity index (χ1) is 44.1. The monoisotopic (exact) mass is 1150 g/mol. The molecule has 89 heavy (non-hydrogen) atoms. The van der Waals surface area contributed by atoms with E-state index in [0.29, 0.717) is 0 Å². The molecule has 0 aliphatic rings. The smallest absolute Gasteiger partial charge is 0.0540 e. The van der Waals surface area contributed by atoms with Crippen molar-refractivity contribution in [3.63, 3.8) is 0 Å². The topological polar surface area (TPSA) is 6.48 Å². The third kappa shape index (κ3) is 9.35. The second-order valence-electron chi connectivity index (χ2n) is 23.2. The van der Waals surface area contributed by atoms with Crippen LogP contribution in [0.3, 0.4) is 0 Å². The standard InChI is InChI=1S/C86H56N2S/c1-2-19-65-53-67(39-35-57(65)15-1)66-21-11-23-72(54-66)87(74-50-52-78-69(56-74)40-38-61-17-4-7-26-76(61)78)73-24-12-22-68(55-73)79-27-9-10-31-83(79)88(70-46-41-59(42-47-70)58-33-36-63(37-34-58)77-29-13-20-60-16-3-6-25-75(60)77)71-48-43-64(44-49-71)80-30-14-32-84-85(80)82-51-45-62-18-5-8-28-81(62)86(82)89-84/h1-56H. The van der Waals surface area contributed by atoms with E-state index in [0.717, 1.165) is 56.4 Å². The Bertz CT molecular complexity index is 5560. The molecule has 1 aromatic heterocycles. The molecule has 0 atom stereocenters. The molecule has 17 rings (SSSR count). The van der Waals surface area contributed by atoms with Crippen LogP contribution >= 0.6 is 11.3 Å². The maximum Gasteiger partial charge on any atom is 0.0540 e. The fourth-order valence-electron chi connectivity index (χ4n) is 13.6. The van der Waals surface area contributed by atoms with Gasteiger partial charge < -0.3 is 9.80 Å². The van der Waals surface area contributed by atoms with Gasteiger partial charge in [0.1, 0.15) is 0 Å². The van der Waals surface area contributed by atoms with E-state index >= 15 is 0 Å². The number of anilines is 6. The number of rotatable bonds is 11. The predicted molar refractivity (Wildman–Crippen MR) is 383 cm³/mol. The van der Waals surface area contributed by atoms with Crippen LogP contribution in [0.5, 0.6) is 0 Å². The van der Waals surface area contributed by atoms with Crippen LogP contribution in [0, 0.1) is 0 Å². The van der Waals surface area contributed by atoms with Crippen LogP contribution in [0.15, 0.2) is 340 Å². The summed E-state index contributed by atoms with van der Waals surface area (Å²) in [6.45, 7) is 0. The molecule has 3 heteroatoms. The summed E-state index contributed by atoms with van der Waals surface area (Å²) < 4.78 is 2.63. The van der Waals surface area contributed by atoms with Crippen LogP contribution in [-0.4, -0.2) is 0 Å². The molecular formula is C86H56N2S.